The van der Waals surface area contributed by atoms with E-state index in [1.165, 1.54) is 5.56 Å². The van der Waals surface area contributed by atoms with Gasteiger partial charge in [-0.25, -0.2) is 9.59 Å². The van der Waals surface area contributed by atoms with Crippen LogP contribution in [-0.4, -0.2) is 36.2 Å². The Hall–Kier alpha value is -2.41. The molecule has 0 atom stereocenters. The van der Waals surface area contributed by atoms with Crippen LogP contribution in [0.1, 0.15) is 18.1 Å². The van der Waals surface area contributed by atoms with Gasteiger partial charge in [0.1, 0.15) is 13.2 Å². The second-order valence-corrected chi connectivity index (χ2v) is 4.29. The molecule has 0 fully saturated rings. The summed E-state index contributed by atoms with van der Waals surface area (Å²) in [5.74, 6) is -1.88. The van der Waals surface area contributed by atoms with E-state index in [9.17, 15) is 14.4 Å². The van der Waals surface area contributed by atoms with Gasteiger partial charge in [-0.1, -0.05) is 31.2 Å². The van der Waals surface area contributed by atoms with E-state index in [1.54, 1.807) is 0 Å². The SMILES string of the molecule is CCc1ccc(CNC(=O)NC(=O)COCC(=O)O)cc1. The van der Waals surface area contributed by atoms with Gasteiger partial charge in [0.15, 0.2) is 0 Å². The van der Waals surface area contributed by atoms with Crippen molar-refractivity contribution in [3.63, 3.8) is 0 Å². The number of rotatable bonds is 7. The van der Waals surface area contributed by atoms with Gasteiger partial charge >= 0.3 is 12.0 Å². The molecule has 0 saturated heterocycles. The molecule has 114 valence electrons. The predicted molar refractivity (Wildman–Crippen MR) is 74.7 cm³/mol. The summed E-state index contributed by atoms with van der Waals surface area (Å²) in [4.78, 5) is 32.8. The molecule has 0 bridgehead atoms. The number of hydrogen-bond acceptors (Lipinski definition) is 4. The zero-order valence-corrected chi connectivity index (χ0v) is 11.7. The van der Waals surface area contributed by atoms with Crippen molar-refractivity contribution in [1.82, 2.24) is 10.6 Å². The fourth-order valence-corrected chi connectivity index (χ4v) is 1.51. The van der Waals surface area contributed by atoms with Gasteiger partial charge in [-0.3, -0.25) is 10.1 Å². The lowest BCUT2D eigenvalue weighted by Gasteiger charge is -2.07. The second-order valence-electron chi connectivity index (χ2n) is 4.29. The smallest absolute Gasteiger partial charge is 0.329 e. The molecular weight excluding hydrogens is 276 g/mol. The van der Waals surface area contributed by atoms with Crippen molar-refractivity contribution in [3.05, 3.63) is 35.4 Å². The Labute approximate surface area is 122 Å². The summed E-state index contributed by atoms with van der Waals surface area (Å²) in [7, 11) is 0. The topological polar surface area (TPSA) is 105 Å². The molecule has 3 amide bonds. The first-order chi connectivity index (χ1) is 10.0. The molecule has 1 aromatic rings. The van der Waals surface area contributed by atoms with Crippen LogP contribution in [0.2, 0.25) is 0 Å². The summed E-state index contributed by atoms with van der Waals surface area (Å²) in [5, 5.41) is 12.9. The Morgan fingerprint density at radius 2 is 1.71 bits per heavy atom. The van der Waals surface area contributed by atoms with Gasteiger partial charge in [0.25, 0.3) is 5.91 Å². The van der Waals surface area contributed by atoms with Gasteiger partial charge in [-0.15, -0.1) is 0 Å². The zero-order chi connectivity index (χ0) is 15.7. The fourth-order valence-electron chi connectivity index (χ4n) is 1.51. The van der Waals surface area contributed by atoms with Crippen LogP contribution in [0, 0.1) is 0 Å². The molecule has 0 aromatic heterocycles. The van der Waals surface area contributed by atoms with Gasteiger partial charge in [0.05, 0.1) is 0 Å². The summed E-state index contributed by atoms with van der Waals surface area (Å²) >= 11 is 0. The number of ether oxygens (including phenoxy) is 1. The quantitative estimate of drug-likeness (QED) is 0.685. The molecule has 21 heavy (non-hydrogen) atoms. The third-order valence-corrected chi connectivity index (χ3v) is 2.60. The highest BCUT2D eigenvalue weighted by Crippen LogP contribution is 2.04. The number of benzene rings is 1. The third-order valence-electron chi connectivity index (χ3n) is 2.60. The minimum absolute atomic E-state index is 0.291. The zero-order valence-electron chi connectivity index (χ0n) is 11.7. The first kappa shape index (κ1) is 16.6. The van der Waals surface area contributed by atoms with Crippen LogP contribution in [0.25, 0.3) is 0 Å². The van der Waals surface area contributed by atoms with Crippen LogP contribution < -0.4 is 10.6 Å². The highest BCUT2D eigenvalue weighted by atomic mass is 16.5. The molecule has 0 aliphatic rings. The first-order valence-corrected chi connectivity index (χ1v) is 6.46. The van der Waals surface area contributed by atoms with Crippen LogP contribution in [-0.2, 0) is 27.3 Å². The third kappa shape index (κ3) is 7.07. The maximum atomic E-state index is 11.4. The number of hydrogen-bond donors (Lipinski definition) is 3. The van der Waals surface area contributed by atoms with Crippen LogP contribution in [0.4, 0.5) is 4.79 Å². The number of nitrogens with one attached hydrogen (secondary N) is 2. The number of carbonyl (C=O) groups is 3. The van der Waals surface area contributed by atoms with Gasteiger partial charge in [-0.2, -0.15) is 0 Å². The minimum atomic E-state index is -1.18. The first-order valence-electron chi connectivity index (χ1n) is 6.46. The van der Waals surface area contributed by atoms with Crippen molar-refractivity contribution in [2.45, 2.75) is 19.9 Å². The number of amides is 3. The van der Waals surface area contributed by atoms with E-state index in [1.807, 2.05) is 29.6 Å². The normalized spacial score (nSPS) is 9.95. The summed E-state index contributed by atoms with van der Waals surface area (Å²) < 4.78 is 4.55. The average molecular weight is 294 g/mol. The summed E-state index contributed by atoms with van der Waals surface area (Å²) in [6.45, 7) is 1.28. The second kappa shape index (κ2) is 8.70. The van der Waals surface area contributed by atoms with Gasteiger partial charge < -0.3 is 15.2 Å². The minimum Gasteiger partial charge on any atom is -0.480 e. The fraction of sp³-hybridized carbons (Fsp3) is 0.357. The molecule has 0 aliphatic heterocycles. The van der Waals surface area contributed by atoms with Crippen LogP contribution >= 0.6 is 0 Å². The Morgan fingerprint density at radius 3 is 2.29 bits per heavy atom. The predicted octanol–water partition coefficient (Wildman–Crippen LogP) is 0.676. The Balaban J connectivity index is 2.26. The highest BCUT2D eigenvalue weighted by molar-refractivity contribution is 5.94. The standard InChI is InChI=1S/C14H18N2O5/c1-2-10-3-5-11(6-4-10)7-15-14(20)16-12(17)8-21-9-13(18)19/h3-6H,2,7-9H2,1H3,(H,18,19)(H2,15,16,17,20). The largest absolute Gasteiger partial charge is 0.480 e. The summed E-state index contributed by atoms with van der Waals surface area (Å²) in [5.41, 5.74) is 2.12. The van der Waals surface area contributed by atoms with Crippen LogP contribution in [0.5, 0.6) is 0 Å². The summed E-state index contributed by atoms with van der Waals surface area (Å²) in [6.07, 6.45) is 0.943. The monoisotopic (exact) mass is 294 g/mol. The number of aliphatic carboxylic acids is 1. The van der Waals surface area contributed by atoms with Crippen LogP contribution in [0.15, 0.2) is 24.3 Å². The molecule has 7 heteroatoms. The average Bonchev–Trinajstić information content (AvgIpc) is 2.45. The molecular formula is C14H18N2O5. The molecule has 0 saturated carbocycles. The highest BCUT2D eigenvalue weighted by Gasteiger charge is 2.08. The Bertz CT molecular complexity index is 499. The molecule has 1 aromatic carbocycles. The molecule has 3 N–H and O–H groups in total. The number of urea groups is 1. The molecule has 0 unspecified atom stereocenters. The van der Waals surface area contributed by atoms with Gasteiger partial charge in [0.2, 0.25) is 0 Å². The van der Waals surface area contributed by atoms with Crippen molar-refractivity contribution in [2.24, 2.45) is 0 Å². The maximum Gasteiger partial charge on any atom is 0.329 e. The molecule has 7 nitrogen and oxygen atoms in total. The lowest BCUT2D eigenvalue weighted by atomic mass is 10.1. The molecule has 0 spiro atoms. The van der Waals surface area contributed by atoms with E-state index in [0.29, 0.717) is 6.54 Å². The van der Waals surface area contributed by atoms with Crippen molar-refractivity contribution in [1.29, 1.82) is 0 Å². The lowest BCUT2D eigenvalue weighted by Crippen LogP contribution is -2.41. The molecule has 0 radical (unpaired) electrons. The number of imide groups is 1. The van der Waals surface area contributed by atoms with Crippen molar-refractivity contribution in [2.75, 3.05) is 13.2 Å². The number of carboxylic acids is 1. The van der Waals surface area contributed by atoms with Gasteiger partial charge in [0, 0.05) is 6.54 Å². The number of aryl methyl sites for hydroxylation is 1. The van der Waals surface area contributed by atoms with Gasteiger partial charge in [-0.05, 0) is 17.5 Å². The lowest BCUT2D eigenvalue weighted by molar-refractivity contribution is -0.143. The van der Waals surface area contributed by atoms with Crippen molar-refractivity contribution >= 4 is 17.9 Å². The molecule has 0 aliphatic carbocycles. The van der Waals surface area contributed by atoms with Crippen molar-refractivity contribution < 1.29 is 24.2 Å². The van der Waals surface area contributed by atoms with Crippen LogP contribution in [0.3, 0.4) is 0 Å². The van der Waals surface area contributed by atoms with E-state index in [-0.39, 0.29) is 0 Å². The van der Waals surface area contributed by atoms with Crippen molar-refractivity contribution in [3.8, 4) is 0 Å². The molecule has 1 rings (SSSR count). The Morgan fingerprint density at radius 1 is 1.10 bits per heavy atom. The van der Waals surface area contributed by atoms with E-state index in [0.717, 1.165) is 12.0 Å². The molecule has 0 heterocycles. The van der Waals surface area contributed by atoms with E-state index >= 15 is 0 Å². The number of carbonyl (C=O) groups excluding carboxylic acids is 2. The van der Waals surface area contributed by atoms with E-state index in [4.69, 9.17) is 5.11 Å². The summed E-state index contributed by atoms with van der Waals surface area (Å²) in [6, 6.07) is 7.09. The maximum absolute atomic E-state index is 11.4. The van der Waals surface area contributed by atoms with E-state index < -0.39 is 31.1 Å². The Kier molecular flexibility index (Phi) is 6.90. The number of carboxylic acid groups (broad SMARTS) is 1. The van der Waals surface area contributed by atoms with E-state index in [2.05, 4.69) is 17.0 Å².